The number of hydrogen-bond acceptors (Lipinski definition) is 6. The Bertz CT molecular complexity index is 902. The van der Waals surface area contributed by atoms with Crippen molar-refractivity contribution in [2.24, 2.45) is 17.8 Å². The number of unbranched alkanes of at least 4 members (excludes halogenated alkanes) is 26. The van der Waals surface area contributed by atoms with Gasteiger partial charge in [0.2, 0.25) is 0 Å². The molecule has 0 saturated carbocycles. The van der Waals surface area contributed by atoms with Gasteiger partial charge in [-0.25, -0.2) is 0 Å². The first kappa shape index (κ1) is 56.4. The lowest BCUT2D eigenvalue weighted by Gasteiger charge is -2.18. The second kappa shape index (κ2) is 43.5. The Labute approximate surface area is 361 Å². The van der Waals surface area contributed by atoms with Crippen molar-refractivity contribution in [3.05, 3.63) is 0 Å². The summed E-state index contributed by atoms with van der Waals surface area (Å²) in [6.07, 6.45) is 42.3. The number of esters is 3. The Morgan fingerprint density at radius 2 is 0.603 bits per heavy atom. The molecule has 6 heteroatoms. The van der Waals surface area contributed by atoms with Crippen LogP contribution in [0.3, 0.4) is 0 Å². The highest BCUT2D eigenvalue weighted by Gasteiger charge is 2.19. The molecule has 344 valence electrons. The fourth-order valence-corrected chi connectivity index (χ4v) is 7.70. The van der Waals surface area contributed by atoms with E-state index in [1.807, 2.05) is 0 Å². The molecule has 0 N–H and O–H groups in total. The molecule has 0 aliphatic rings. The maximum Gasteiger partial charge on any atom is 0.306 e. The zero-order valence-electron chi connectivity index (χ0n) is 39.8. The number of carbonyl (C=O) groups excluding carboxylic acids is 3. The van der Waals surface area contributed by atoms with Crippen LogP contribution in [-0.2, 0) is 28.6 Å². The normalized spacial score (nSPS) is 13.1. The Kier molecular flexibility index (Phi) is 42.3. The van der Waals surface area contributed by atoms with Gasteiger partial charge in [-0.3, -0.25) is 14.4 Å². The molecule has 0 bridgehead atoms. The molecule has 0 rings (SSSR count). The zero-order valence-corrected chi connectivity index (χ0v) is 39.8. The molecule has 0 fully saturated rings. The number of hydrogen-bond donors (Lipinski definition) is 0. The summed E-state index contributed by atoms with van der Waals surface area (Å²) in [6.45, 7) is 13.7. The van der Waals surface area contributed by atoms with Crippen LogP contribution >= 0.6 is 0 Å². The Morgan fingerprint density at radius 1 is 0.345 bits per heavy atom. The van der Waals surface area contributed by atoms with Crippen LogP contribution in [0, 0.1) is 17.8 Å². The molecule has 0 spiro atoms. The van der Waals surface area contributed by atoms with Crippen molar-refractivity contribution in [1.29, 1.82) is 0 Å². The van der Waals surface area contributed by atoms with Gasteiger partial charge in [0.25, 0.3) is 0 Å². The molecular weight excluding hydrogens is 721 g/mol. The minimum absolute atomic E-state index is 0.0658. The summed E-state index contributed by atoms with van der Waals surface area (Å²) in [4.78, 5) is 37.9. The van der Waals surface area contributed by atoms with E-state index in [4.69, 9.17) is 14.2 Å². The monoisotopic (exact) mass is 821 g/mol. The van der Waals surface area contributed by atoms with Gasteiger partial charge in [0.15, 0.2) is 6.10 Å². The van der Waals surface area contributed by atoms with Crippen LogP contribution in [0.4, 0.5) is 0 Å². The summed E-state index contributed by atoms with van der Waals surface area (Å²) >= 11 is 0. The SMILES string of the molecule is CCC(C)CCCCCCCCCCCCCCCCC(=O)O[C@H](COC(=O)CCCCCCCCCCC(C)CC)COC(=O)CCCCCCCCCC(C)C. The molecule has 0 aromatic rings. The highest BCUT2D eigenvalue weighted by molar-refractivity contribution is 5.71. The van der Waals surface area contributed by atoms with E-state index in [2.05, 4.69) is 41.5 Å². The maximum absolute atomic E-state index is 12.8. The van der Waals surface area contributed by atoms with Gasteiger partial charge in [-0.15, -0.1) is 0 Å². The van der Waals surface area contributed by atoms with E-state index in [0.717, 1.165) is 75.5 Å². The van der Waals surface area contributed by atoms with E-state index in [0.29, 0.717) is 19.3 Å². The predicted octanol–water partition coefficient (Wildman–Crippen LogP) is 16.4. The van der Waals surface area contributed by atoms with Crippen LogP contribution in [0.25, 0.3) is 0 Å². The quantitative estimate of drug-likeness (QED) is 0.0346. The van der Waals surface area contributed by atoms with Crippen molar-refractivity contribution in [3.63, 3.8) is 0 Å². The van der Waals surface area contributed by atoms with Crippen LogP contribution < -0.4 is 0 Å². The van der Waals surface area contributed by atoms with Crippen LogP contribution in [0.2, 0.25) is 0 Å². The van der Waals surface area contributed by atoms with Gasteiger partial charge in [0, 0.05) is 19.3 Å². The van der Waals surface area contributed by atoms with Crippen molar-refractivity contribution in [1.82, 2.24) is 0 Å². The van der Waals surface area contributed by atoms with Crippen LogP contribution in [0.5, 0.6) is 0 Å². The largest absolute Gasteiger partial charge is 0.462 e. The van der Waals surface area contributed by atoms with E-state index >= 15 is 0 Å². The fraction of sp³-hybridized carbons (Fsp3) is 0.942. The van der Waals surface area contributed by atoms with E-state index in [1.165, 1.54) is 161 Å². The molecule has 0 radical (unpaired) electrons. The third-order valence-corrected chi connectivity index (χ3v) is 12.4. The summed E-state index contributed by atoms with van der Waals surface area (Å²) in [7, 11) is 0. The van der Waals surface area contributed by atoms with Gasteiger partial charge < -0.3 is 14.2 Å². The molecule has 6 nitrogen and oxygen atoms in total. The molecule has 3 atom stereocenters. The highest BCUT2D eigenvalue weighted by Crippen LogP contribution is 2.18. The average Bonchev–Trinajstić information content (AvgIpc) is 3.21. The smallest absolute Gasteiger partial charge is 0.306 e. The average molecular weight is 821 g/mol. The molecule has 0 saturated heterocycles. The molecule has 0 aliphatic heterocycles. The minimum atomic E-state index is -0.763. The molecule has 0 aromatic carbocycles. The Hall–Kier alpha value is -1.59. The third kappa shape index (κ3) is 42.5. The first-order valence-corrected chi connectivity index (χ1v) is 25.7. The number of rotatable bonds is 45. The summed E-state index contributed by atoms with van der Waals surface area (Å²) in [6, 6.07) is 0. The van der Waals surface area contributed by atoms with Crippen LogP contribution in [-0.4, -0.2) is 37.2 Å². The maximum atomic E-state index is 12.8. The summed E-state index contributed by atoms with van der Waals surface area (Å²) in [5.74, 6) is 1.67. The summed E-state index contributed by atoms with van der Waals surface area (Å²) in [5, 5.41) is 0. The third-order valence-electron chi connectivity index (χ3n) is 12.4. The molecule has 0 amide bonds. The van der Waals surface area contributed by atoms with E-state index in [1.54, 1.807) is 0 Å². The highest BCUT2D eigenvalue weighted by atomic mass is 16.6. The predicted molar refractivity (Wildman–Crippen MR) is 247 cm³/mol. The fourth-order valence-electron chi connectivity index (χ4n) is 7.70. The summed E-state index contributed by atoms with van der Waals surface area (Å²) in [5.41, 5.74) is 0. The lowest BCUT2D eigenvalue weighted by molar-refractivity contribution is -0.167. The lowest BCUT2D eigenvalue weighted by Crippen LogP contribution is -2.30. The van der Waals surface area contributed by atoms with E-state index < -0.39 is 6.10 Å². The first-order chi connectivity index (χ1) is 28.2. The van der Waals surface area contributed by atoms with Gasteiger partial charge in [-0.1, -0.05) is 241 Å². The number of ether oxygens (including phenoxy) is 3. The lowest BCUT2D eigenvalue weighted by atomic mass is 9.99. The molecule has 0 aliphatic carbocycles. The van der Waals surface area contributed by atoms with E-state index in [9.17, 15) is 14.4 Å². The minimum Gasteiger partial charge on any atom is -0.462 e. The topological polar surface area (TPSA) is 78.9 Å². The molecule has 2 unspecified atom stereocenters. The van der Waals surface area contributed by atoms with Gasteiger partial charge in [-0.2, -0.15) is 0 Å². The van der Waals surface area contributed by atoms with Gasteiger partial charge in [0.1, 0.15) is 13.2 Å². The standard InChI is InChI=1S/C52H100O6/c1-7-47(5)39-33-27-21-15-13-11-9-10-12-14-16-24-31-37-43-52(55)58-49(45-57-51(54)42-36-30-25-19-20-26-32-38-46(3)4)44-56-50(53)41-35-29-23-18-17-22-28-34-40-48(6)8-2/h46-49H,7-45H2,1-6H3/t47?,48?,49-/m1/s1. The summed E-state index contributed by atoms with van der Waals surface area (Å²) < 4.78 is 16.8. The van der Waals surface area contributed by atoms with Gasteiger partial charge >= 0.3 is 17.9 Å². The second-order valence-electron chi connectivity index (χ2n) is 18.8. The number of carbonyl (C=O) groups is 3. The molecule has 0 aromatic heterocycles. The molecular formula is C52H100O6. The van der Waals surface area contributed by atoms with Crippen molar-refractivity contribution >= 4 is 17.9 Å². The molecule has 58 heavy (non-hydrogen) atoms. The van der Waals surface area contributed by atoms with Gasteiger partial charge in [0.05, 0.1) is 0 Å². The van der Waals surface area contributed by atoms with E-state index in [-0.39, 0.29) is 31.1 Å². The van der Waals surface area contributed by atoms with Crippen molar-refractivity contribution in [2.75, 3.05) is 13.2 Å². The molecule has 0 heterocycles. The zero-order chi connectivity index (χ0) is 42.7. The van der Waals surface area contributed by atoms with Crippen molar-refractivity contribution < 1.29 is 28.6 Å². The Morgan fingerprint density at radius 3 is 0.897 bits per heavy atom. The second-order valence-corrected chi connectivity index (χ2v) is 18.8. The Balaban J connectivity index is 4.29. The van der Waals surface area contributed by atoms with Crippen LogP contribution in [0.1, 0.15) is 279 Å². The van der Waals surface area contributed by atoms with Crippen molar-refractivity contribution in [2.45, 2.75) is 285 Å². The van der Waals surface area contributed by atoms with Crippen LogP contribution in [0.15, 0.2) is 0 Å². The van der Waals surface area contributed by atoms with Gasteiger partial charge in [-0.05, 0) is 37.0 Å². The van der Waals surface area contributed by atoms with Crippen molar-refractivity contribution in [3.8, 4) is 0 Å². The first-order valence-electron chi connectivity index (χ1n) is 25.7.